The van der Waals surface area contributed by atoms with E-state index < -0.39 is 0 Å². The van der Waals surface area contributed by atoms with Gasteiger partial charge in [-0.25, -0.2) is 0 Å². The van der Waals surface area contributed by atoms with Crippen LogP contribution in [0.2, 0.25) is 0 Å². The van der Waals surface area contributed by atoms with Crippen molar-refractivity contribution in [3.05, 3.63) is 35.9 Å². The number of carbonyl (C=O) groups is 2. The largest absolute Gasteiger partial charge is 0.347 e. The van der Waals surface area contributed by atoms with Crippen LogP contribution in [-0.2, 0) is 9.59 Å². The molecule has 5 heteroatoms. The molecule has 0 bridgehead atoms. The number of rotatable bonds is 4. The van der Waals surface area contributed by atoms with Crippen LogP contribution in [0.4, 0.5) is 0 Å². The van der Waals surface area contributed by atoms with Crippen LogP contribution < -0.4 is 5.32 Å². The van der Waals surface area contributed by atoms with Crippen molar-refractivity contribution in [1.82, 2.24) is 10.2 Å². The van der Waals surface area contributed by atoms with E-state index in [0.29, 0.717) is 18.1 Å². The highest BCUT2D eigenvalue weighted by Gasteiger charge is 2.53. The van der Waals surface area contributed by atoms with E-state index >= 15 is 0 Å². The minimum Gasteiger partial charge on any atom is -0.347 e. The van der Waals surface area contributed by atoms with E-state index in [-0.39, 0.29) is 28.8 Å². The second kappa shape index (κ2) is 5.55. The summed E-state index contributed by atoms with van der Waals surface area (Å²) in [4.78, 5) is 26.7. The molecule has 1 aromatic rings. The molecule has 2 aliphatic heterocycles. The van der Waals surface area contributed by atoms with Crippen LogP contribution in [0.25, 0.3) is 0 Å². The van der Waals surface area contributed by atoms with Crippen LogP contribution in [0.1, 0.15) is 44.2 Å². The number of benzene rings is 1. The zero-order valence-corrected chi connectivity index (χ0v) is 14.1. The van der Waals surface area contributed by atoms with Crippen molar-refractivity contribution in [2.45, 2.75) is 49.6 Å². The van der Waals surface area contributed by atoms with E-state index in [0.717, 1.165) is 6.42 Å². The van der Waals surface area contributed by atoms with Crippen molar-refractivity contribution in [2.24, 2.45) is 5.92 Å². The molecule has 0 aromatic heterocycles. The number of nitrogens with zero attached hydrogens (tertiary/aromatic N) is 1. The standard InChI is InChI=1S/C18H22N2O2S/c1-18-10-9-15(21)20(18)14(11-23-18)17(22)19-16(13-7-8-13)12-5-3-2-4-6-12/h2-6,13-14,16H,7-11H2,1H3,(H,19,22)/t14-,16+,18+/m1/s1. The number of nitrogens with one attached hydrogen (secondary N) is 1. The summed E-state index contributed by atoms with van der Waals surface area (Å²) in [6.07, 6.45) is 3.75. The van der Waals surface area contributed by atoms with Gasteiger partial charge in [-0.2, -0.15) is 0 Å². The first kappa shape index (κ1) is 15.1. The normalized spacial score (nSPS) is 31.1. The van der Waals surface area contributed by atoms with E-state index in [1.807, 2.05) is 23.1 Å². The van der Waals surface area contributed by atoms with Gasteiger partial charge in [-0.15, -0.1) is 11.8 Å². The molecule has 23 heavy (non-hydrogen) atoms. The molecular formula is C18H22N2O2S. The summed E-state index contributed by atoms with van der Waals surface area (Å²) in [5.41, 5.74) is 1.17. The molecule has 1 saturated carbocycles. The molecular weight excluding hydrogens is 308 g/mol. The molecule has 1 N–H and O–H groups in total. The van der Waals surface area contributed by atoms with Crippen LogP contribution in [0.5, 0.6) is 0 Å². The minimum absolute atomic E-state index is 0.0113. The van der Waals surface area contributed by atoms with Crippen molar-refractivity contribution in [1.29, 1.82) is 0 Å². The second-order valence-corrected chi connectivity index (χ2v) is 8.50. The van der Waals surface area contributed by atoms with Crippen molar-refractivity contribution < 1.29 is 9.59 Å². The number of thioether (sulfide) groups is 1. The SMILES string of the molecule is C[C@]12CCC(=O)N1[C@@H](C(=O)N[C@@H](c1ccccc1)C1CC1)CS2. The highest BCUT2D eigenvalue weighted by molar-refractivity contribution is 8.01. The predicted molar refractivity (Wildman–Crippen MR) is 90.8 cm³/mol. The highest BCUT2D eigenvalue weighted by atomic mass is 32.2. The van der Waals surface area contributed by atoms with Crippen molar-refractivity contribution in [3.63, 3.8) is 0 Å². The Bertz CT molecular complexity index is 631. The maximum Gasteiger partial charge on any atom is 0.244 e. The van der Waals surface area contributed by atoms with Crippen LogP contribution in [0.3, 0.4) is 0 Å². The van der Waals surface area contributed by atoms with Crippen molar-refractivity contribution in [2.75, 3.05) is 5.75 Å². The molecule has 3 fully saturated rings. The number of hydrogen-bond donors (Lipinski definition) is 1. The Hall–Kier alpha value is -1.49. The molecule has 122 valence electrons. The lowest BCUT2D eigenvalue weighted by Gasteiger charge is -2.31. The van der Waals surface area contributed by atoms with Crippen molar-refractivity contribution >= 4 is 23.6 Å². The average molecular weight is 330 g/mol. The van der Waals surface area contributed by atoms with E-state index in [1.165, 1.54) is 18.4 Å². The maximum atomic E-state index is 12.9. The lowest BCUT2D eigenvalue weighted by atomic mass is 10.0. The van der Waals surface area contributed by atoms with Gasteiger partial charge in [-0.1, -0.05) is 30.3 Å². The third-order valence-corrected chi connectivity index (χ3v) is 6.80. The summed E-state index contributed by atoms with van der Waals surface area (Å²) in [6.45, 7) is 2.09. The average Bonchev–Trinajstić information content (AvgIpc) is 3.27. The quantitative estimate of drug-likeness (QED) is 0.923. The molecule has 1 aliphatic carbocycles. The fourth-order valence-corrected chi connectivity index (χ4v) is 5.26. The third-order valence-electron chi connectivity index (χ3n) is 5.30. The van der Waals surface area contributed by atoms with Gasteiger partial charge in [-0.3, -0.25) is 9.59 Å². The van der Waals surface area contributed by atoms with Crippen LogP contribution in [0, 0.1) is 5.92 Å². The Balaban J connectivity index is 1.52. The van der Waals surface area contributed by atoms with Gasteiger partial charge in [0.15, 0.2) is 0 Å². The Labute approximate surface area is 141 Å². The Kier molecular flexibility index (Phi) is 3.63. The Morgan fingerprint density at radius 3 is 2.78 bits per heavy atom. The summed E-state index contributed by atoms with van der Waals surface area (Å²) < 4.78 is 0. The molecule has 4 rings (SSSR count). The van der Waals surface area contributed by atoms with E-state index in [4.69, 9.17) is 0 Å². The van der Waals surface area contributed by atoms with E-state index in [2.05, 4.69) is 24.4 Å². The molecule has 2 saturated heterocycles. The van der Waals surface area contributed by atoms with E-state index in [9.17, 15) is 9.59 Å². The zero-order chi connectivity index (χ0) is 16.0. The minimum atomic E-state index is -0.315. The van der Waals surface area contributed by atoms with E-state index in [1.54, 1.807) is 11.8 Å². The monoisotopic (exact) mass is 330 g/mol. The molecule has 0 radical (unpaired) electrons. The fourth-order valence-electron chi connectivity index (χ4n) is 3.83. The molecule has 3 aliphatic rings. The van der Waals surface area contributed by atoms with Gasteiger partial charge < -0.3 is 10.2 Å². The summed E-state index contributed by atoms with van der Waals surface area (Å²) >= 11 is 1.75. The van der Waals surface area contributed by atoms with Gasteiger partial charge in [0.2, 0.25) is 11.8 Å². The van der Waals surface area contributed by atoms with Crippen LogP contribution >= 0.6 is 11.8 Å². The van der Waals surface area contributed by atoms with Gasteiger partial charge in [-0.05, 0) is 37.7 Å². The number of carbonyl (C=O) groups excluding carboxylic acids is 2. The van der Waals surface area contributed by atoms with Crippen LogP contribution in [0.15, 0.2) is 30.3 Å². The van der Waals surface area contributed by atoms with Gasteiger partial charge >= 0.3 is 0 Å². The van der Waals surface area contributed by atoms with Gasteiger partial charge in [0.05, 0.1) is 10.9 Å². The fraction of sp³-hybridized carbons (Fsp3) is 0.556. The first-order valence-electron chi connectivity index (χ1n) is 8.40. The maximum absolute atomic E-state index is 12.9. The highest BCUT2D eigenvalue weighted by Crippen LogP contribution is 2.47. The van der Waals surface area contributed by atoms with Gasteiger partial charge in [0, 0.05) is 12.2 Å². The summed E-state index contributed by atoms with van der Waals surface area (Å²) in [5, 5.41) is 3.24. The van der Waals surface area contributed by atoms with Crippen molar-refractivity contribution in [3.8, 4) is 0 Å². The molecule has 0 unspecified atom stereocenters. The summed E-state index contributed by atoms with van der Waals surface area (Å²) in [7, 11) is 0. The predicted octanol–water partition coefficient (Wildman–Crippen LogP) is 2.71. The number of amides is 2. The van der Waals surface area contributed by atoms with Gasteiger partial charge in [0.1, 0.15) is 6.04 Å². The lowest BCUT2D eigenvalue weighted by molar-refractivity contribution is -0.138. The van der Waals surface area contributed by atoms with Crippen LogP contribution in [-0.4, -0.2) is 33.4 Å². The molecule has 1 aromatic carbocycles. The first-order chi connectivity index (χ1) is 11.1. The Morgan fingerprint density at radius 2 is 2.09 bits per heavy atom. The summed E-state index contributed by atoms with van der Waals surface area (Å²) in [5.74, 6) is 1.38. The third kappa shape index (κ3) is 2.65. The molecule has 0 spiro atoms. The lowest BCUT2D eigenvalue weighted by Crippen LogP contribution is -2.50. The molecule has 3 atom stereocenters. The van der Waals surface area contributed by atoms with Gasteiger partial charge in [0.25, 0.3) is 0 Å². The second-order valence-electron chi connectivity index (χ2n) is 7.00. The molecule has 2 amide bonds. The smallest absolute Gasteiger partial charge is 0.244 e. The molecule has 4 nitrogen and oxygen atoms in total. The summed E-state index contributed by atoms with van der Waals surface area (Å²) in [6, 6.07) is 9.96. The molecule has 2 heterocycles. The number of fused-ring (bicyclic) bond motifs is 1. The first-order valence-corrected chi connectivity index (χ1v) is 9.38. The Morgan fingerprint density at radius 1 is 1.35 bits per heavy atom. The zero-order valence-electron chi connectivity index (χ0n) is 13.3. The topological polar surface area (TPSA) is 49.4 Å². The number of hydrogen-bond acceptors (Lipinski definition) is 3.